The second-order valence-electron chi connectivity index (χ2n) is 5.13. The zero-order valence-corrected chi connectivity index (χ0v) is 21.2. The largest absolute Gasteiger partial charge is 0.315 e. The predicted octanol–water partition coefficient (Wildman–Crippen LogP) is 8.56. The maximum absolute atomic E-state index is 12.4. The van der Waals surface area contributed by atoms with Crippen LogP contribution in [0.1, 0.15) is 93.2 Å². The van der Waals surface area contributed by atoms with Crippen LogP contribution in [0.25, 0.3) is 0 Å². The molecule has 0 aromatic heterocycles. The van der Waals surface area contributed by atoms with Crippen LogP contribution in [0.3, 0.4) is 0 Å². The Morgan fingerprint density at radius 3 is 1.55 bits per heavy atom. The standard InChI is InChI=1S/C17H17NO.5C2H6/c1-12-16(13-8-4-3-5-9-13)14-10-6-7-11-15(14)18(2)17(12)19;5*1-2/h3-12,16H,1-2H3;5*1-2H3. The van der Waals surface area contributed by atoms with Crippen LogP contribution in [-0.2, 0) is 4.79 Å². The van der Waals surface area contributed by atoms with E-state index in [9.17, 15) is 4.79 Å². The second-order valence-corrected chi connectivity index (χ2v) is 5.13. The van der Waals surface area contributed by atoms with Gasteiger partial charge < -0.3 is 4.90 Å². The van der Waals surface area contributed by atoms with Crippen LogP contribution in [0.15, 0.2) is 54.6 Å². The fourth-order valence-electron chi connectivity index (χ4n) is 3.02. The highest BCUT2D eigenvalue weighted by Gasteiger charge is 2.36. The number of nitrogens with zero attached hydrogens (tertiary/aromatic N) is 1. The molecular formula is C27H47NO. The Balaban J connectivity index is -0.000000594. The zero-order valence-electron chi connectivity index (χ0n) is 21.2. The number of hydrogen-bond donors (Lipinski definition) is 0. The first kappa shape index (κ1) is 31.6. The molecule has 0 bridgehead atoms. The van der Waals surface area contributed by atoms with Gasteiger partial charge in [-0.05, 0) is 17.2 Å². The number of rotatable bonds is 1. The highest BCUT2D eigenvalue weighted by atomic mass is 16.2. The van der Waals surface area contributed by atoms with Gasteiger partial charge in [-0.2, -0.15) is 0 Å². The predicted molar refractivity (Wildman–Crippen MR) is 134 cm³/mol. The van der Waals surface area contributed by atoms with E-state index in [1.807, 2.05) is 120 Å². The first-order valence-corrected chi connectivity index (χ1v) is 11.6. The van der Waals surface area contributed by atoms with Gasteiger partial charge in [-0.1, -0.05) is 125 Å². The summed E-state index contributed by atoms with van der Waals surface area (Å²) in [6.07, 6.45) is 0. The quantitative estimate of drug-likeness (QED) is 0.468. The lowest BCUT2D eigenvalue weighted by Crippen LogP contribution is -2.39. The normalized spacial score (nSPS) is 15.6. The Morgan fingerprint density at radius 1 is 0.655 bits per heavy atom. The van der Waals surface area contributed by atoms with E-state index in [1.54, 1.807) is 4.90 Å². The monoisotopic (exact) mass is 401 g/mol. The molecule has 1 heterocycles. The smallest absolute Gasteiger partial charge is 0.230 e. The maximum atomic E-state index is 12.4. The molecule has 0 saturated carbocycles. The highest BCUT2D eigenvalue weighted by molar-refractivity contribution is 5.98. The van der Waals surface area contributed by atoms with Crippen molar-refractivity contribution in [3.63, 3.8) is 0 Å². The van der Waals surface area contributed by atoms with Crippen molar-refractivity contribution in [2.24, 2.45) is 5.92 Å². The number of hydrogen-bond acceptors (Lipinski definition) is 1. The topological polar surface area (TPSA) is 20.3 Å². The van der Waals surface area contributed by atoms with Crippen LogP contribution in [-0.4, -0.2) is 13.0 Å². The maximum Gasteiger partial charge on any atom is 0.230 e. The van der Waals surface area contributed by atoms with Gasteiger partial charge in [0, 0.05) is 24.6 Å². The summed E-state index contributed by atoms with van der Waals surface area (Å²) < 4.78 is 0. The lowest BCUT2D eigenvalue weighted by molar-refractivity contribution is -0.122. The molecule has 1 aliphatic rings. The summed E-state index contributed by atoms with van der Waals surface area (Å²) in [5, 5.41) is 0. The molecular weight excluding hydrogens is 354 g/mol. The molecule has 0 spiro atoms. The van der Waals surface area contributed by atoms with Gasteiger partial charge in [0.25, 0.3) is 0 Å². The molecule has 2 aromatic rings. The van der Waals surface area contributed by atoms with Gasteiger partial charge in [-0.15, -0.1) is 0 Å². The van der Waals surface area contributed by atoms with E-state index >= 15 is 0 Å². The average molecular weight is 402 g/mol. The molecule has 0 aliphatic carbocycles. The SMILES string of the molecule is CC.CC.CC.CC.CC.CC1C(=O)N(C)c2ccccc2C1c1ccccc1. The molecule has 0 fully saturated rings. The molecule has 2 aromatic carbocycles. The summed E-state index contributed by atoms with van der Waals surface area (Å²) >= 11 is 0. The molecule has 2 heteroatoms. The van der Waals surface area contributed by atoms with Crippen LogP contribution in [0.4, 0.5) is 5.69 Å². The van der Waals surface area contributed by atoms with Gasteiger partial charge in [-0.3, -0.25) is 4.79 Å². The van der Waals surface area contributed by atoms with Gasteiger partial charge in [0.05, 0.1) is 0 Å². The van der Waals surface area contributed by atoms with Crippen molar-refractivity contribution in [3.05, 3.63) is 65.7 Å². The Bertz CT molecular complexity index is 607. The Kier molecular flexibility index (Phi) is 22.5. The average Bonchev–Trinajstić information content (AvgIpc) is 2.85. The van der Waals surface area contributed by atoms with Crippen molar-refractivity contribution in [2.45, 2.75) is 82.1 Å². The second kappa shape index (κ2) is 20.6. The lowest BCUT2D eigenvalue weighted by atomic mass is 9.77. The van der Waals surface area contributed by atoms with Gasteiger partial charge in [-0.25, -0.2) is 0 Å². The number of amides is 1. The van der Waals surface area contributed by atoms with E-state index in [0.717, 1.165) is 5.69 Å². The van der Waals surface area contributed by atoms with Crippen LogP contribution in [0.2, 0.25) is 0 Å². The number of anilines is 1. The molecule has 166 valence electrons. The van der Waals surface area contributed by atoms with Gasteiger partial charge in [0.2, 0.25) is 5.91 Å². The molecule has 2 unspecified atom stereocenters. The molecule has 0 saturated heterocycles. The van der Waals surface area contributed by atoms with E-state index in [2.05, 4.69) is 18.2 Å². The molecule has 2 atom stereocenters. The van der Waals surface area contributed by atoms with Gasteiger partial charge in [0.1, 0.15) is 0 Å². The van der Waals surface area contributed by atoms with Crippen LogP contribution in [0, 0.1) is 5.92 Å². The zero-order chi connectivity index (χ0) is 23.4. The van der Waals surface area contributed by atoms with E-state index in [4.69, 9.17) is 0 Å². The Labute approximate surface area is 182 Å². The van der Waals surface area contributed by atoms with Crippen molar-refractivity contribution in [1.29, 1.82) is 0 Å². The number of benzene rings is 2. The van der Waals surface area contributed by atoms with Gasteiger partial charge in [0.15, 0.2) is 0 Å². The third-order valence-corrected chi connectivity index (χ3v) is 4.01. The minimum Gasteiger partial charge on any atom is -0.315 e. The van der Waals surface area contributed by atoms with Crippen molar-refractivity contribution >= 4 is 11.6 Å². The first-order valence-electron chi connectivity index (χ1n) is 11.6. The van der Waals surface area contributed by atoms with Gasteiger partial charge >= 0.3 is 0 Å². The third-order valence-electron chi connectivity index (χ3n) is 4.01. The minimum atomic E-state index is -0.0256. The summed E-state index contributed by atoms with van der Waals surface area (Å²) in [4.78, 5) is 14.2. The highest BCUT2D eigenvalue weighted by Crippen LogP contribution is 2.42. The van der Waals surface area contributed by atoms with Crippen molar-refractivity contribution in [3.8, 4) is 0 Å². The summed E-state index contributed by atoms with van der Waals surface area (Å²) in [7, 11) is 1.86. The van der Waals surface area contributed by atoms with Crippen molar-refractivity contribution in [2.75, 3.05) is 11.9 Å². The first-order chi connectivity index (χ1) is 14.2. The van der Waals surface area contributed by atoms with E-state index in [-0.39, 0.29) is 17.7 Å². The number of para-hydroxylation sites is 1. The molecule has 29 heavy (non-hydrogen) atoms. The van der Waals surface area contributed by atoms with Crippen molar-refractivity contribution in [1.82, 2.24) is 0 Å². The Hall–Kier alpha value is -2.09. The van der Waals surface area contributed by atoms with Crippen LogP contribution < -0.4 is 4.90 Å². The third kappa shape index (κ3) is 8.85. The molecule has 3 rings (SSSR count). The molecule has 1 aliphatic heterocycles. The van der Waals surface area contributed by atoms with Crippen molar-refractivity contribution < 1.29 is 4.79 Å². The fourth-order valence-corrected chi connectivity index (χ4v) is 3.02. The minimum absolute atomic E-state index is 0.0256. The molecule has 0 radical (unpaired) electrons. The summed E-state index contributed by atoms with van der Waals surface area (Å²) in [6, 6.07) is 18.5. The van der Waals surface area contributed by atoms with E-state index < -0.39 is 0 Å². The lowest BCUT2D eigenvalue weighted by Gasteiger charge is -2.36. The van der Waals surface area contributed by atoms with Crippen LogP contribution >= 0.6 is 0 Å². The number of fused-ring (bicyclic) bond motifs is 1. The number of carbonyl (C=O) groups excluding carboxylic acids is 1. The summed E-state index contributed by atoms with van der Waals surface area (Å²) in [6.45, 7) is 22.0. The summed E-state index contributed by atoms with van der Waals surface area (Å²) in [5.41, 5.74) is 3.48. The molecule has 2 nitrogen and oxygen atoms in total. The number of carbonyl (C=O) groups is 1. The molecule has 1 amide bonds. The van der Waals surface area contributed by atoms with E-state index in [0.29, 0.717) is 0 Å². The summed E-state index contributed by atoms with van der Waals surface area (Å²) in [5.74, 6) is 0.316. The fraction of sp³-hybridized carbons (Fsp3) is 0.519. The molecule has 0 N–H and O–H groups in total. The van der Waals surface area contributed by atoms with Crippen LogP contribution in [0.5, 0.6) is 0 Å². The van der Waals surface area contributed by atoms with E-state index in [1.165, 1.54) is 11.1 Å². The Morgan fingerprint density at radius 2 is 1.07 bits per heavy atom.